The second-order valence-electron chi connectivity index (χ2n) is 6.65. The Morgan fingerprint density at radius 3 is 2.52 bits per heavy atom. The summed E-state index contributed by atoms with van der Waals surface area (Å²) >= 11 is 4.61. The summed E-state index contributed by atoms with van der Waals surface area (Å²) in [7, 11) is -4.16. The van der Waals surface area contributed by atoms with Crippen LogP contribution < -0.4 is 4.74 Å². The van der Waals surface area contributed by atoms with Crippen LogP contribution in [0.15, 0.2) is 41.3 Å². The maximum Gasteiger partial charge on any atom is 0.189 e. The van der Waals surface area contributed by atoms with Crippen LogP contribution in [0, 0.1) is 17.6 Å². The average molecular weight is 433 g/mol. The molecule has 0 N–H and O–H groups in total. The van der Waals surface area contributed by atoms with Gasteiger partial charge in [0.2, 0.25) is 0 Å². The molecule has 1 unspecified atom stereocenters. The maximum absolute atomic E-state index is 14.9. The molecule has 27 heavy (non-hydrogen) atoms. The van der Waals surface area contributed by atoms with Crippen LogP contribution in [-0.4, -0.2) is 31.1 Å². The Morgan fingerprint density at radius 1 is 1.15 bits per heavy atom. The first-order chi connectivity index (χ1) is 12.8. The lowest BCUT2D eigenvalue weighted by molar-refractivity contribution is 0.166. The van der Waals surface area contributed by atoms with E-state index < -0.39 is 43.3 Å². The highest BCUT2D eigenvalue weighted by Crippen LogP contribution is 2.54. The smallest absolute Gasteiger partial charge is 0.189 e. The van der Waals surface area contributed by atoms with E-state index in [2.05, 4.69) is 0 Å². The third-order valence-corrected chi connectivity index (χ3v) is 9.54. The number of fused-ring (bicyclic) bond motifs is 3. The predicted octanol–water partition coefficient (Wildman–Crippen LogP) is 3.45. The Balaban J connectivity index is 2.02. The van der Waals surface area contributed by atoms with Gasteiger partial charge in [-0.1, -0.05) is 22.8 Å². The van der Waals surface area contributed by atoms with Gasteiger partial charge >= 0.3 is 0 Å². The van der Waals surface area contributed by atoms with E-state index in [-0.39, 0.29) is 40.7 Å². The summed E-state index contributed by atoms with van der Waals surface area (Å²) in [6.45, 7) is -0.147. The lowest BCUT2D eigenvalue weighted by Gasteiger charge is -2.46. The van der Waals surface area contributed by atoms with Crippen LogP contribution in [-0.2, 0) is 25.8 Å². The molecule has 9 heteroatoms. The fourth-order valence-electron chi connectivity index (χ4n) is 3.99. The van der Waals surface area contributed by atoms with Crippen molar-refractivity contribution in [1.29, 1.82) is 0 Å². The molecule has 0 radical (unpaired) electrons. The number of rotatable bonds is 2. The molecular formula is C18H15ClF2O4S2. The highest BCUT2D eigenvalue weighted by molar-refractivity contribution is 7.93. The van der Waals surface area contributed by atoms with Crippen LogP contribution in [0.4, 0.5) is 8.78 Å². The van der Waals surface area contributed by atoms with Crippen LogP contribution in [0.2, 0.25) is 5.02 Å². The van der Waals surface area contributed by atoms with Crippen molar-refractivity contribution < 1.29 is 26.5 Å². The van der Waals surface area contributed by atoms with Gasteiger partial charge in [-0.15, -0.1) is 0 Å². The summed E-state index contributed by atoms with van der Waals surface area (Å²) in [5.74, 6) is -2.67. The molecule has 3 atom stereocenters. The SMILES string of the molecule is O=S(=O)(c1ccc(Cl)cc1)[C@@]12CC[S+]([O-])C[C@@H]1COc1c(F)ccc(F)c12. The third kappa shape index (κ3) is 2.76. The van der Waals surface area contributed by atoms with Crippen molar-refractivity contribution in [2.24, 2.45) is 5.92 Å². The maximum atomic E-state index is 14.9. The molecular weight excluding hydrogens is 418 g/mol. The van der Waals surface area contributed by atoms with Gasteiger partial charge in [0.05, 0.1) is 23.0 Å². The largest absolute Gasteiger partial charge is 0.616 e. The van der Waals surface area contributed by atoms with Gasteiger partial charge in [-0.2, -0.15) is 0 Å². The Kier molecular flexibility index (Phi) is 4.65. The van der Waals surface area contributed by atoms with E-state index in [0.717, 1.165) is 12.1 Å². The normalized spacial score (nSPS) is 27.4. The molecule has 2 aromatic rings. The van der Waals surface area contributed by atoms with Crippen LogP contribution >= 0.6 is 11.6 Å². The Hall–Kier alpha value is -1.35. The molecule has 4 nitrogen and oxygen atoms in total. The summed E-state index contributed by atoms with van der Waals surface area (Å²) in [5, 5.41) is 0.359. The van der Waals surface area contributed by atoms with Gasteiger partial charge in [0.15, 0.2) is 21.4 Å². The minimum Gasteiger partial charge on any atom is -0.616 e. The van der Waals surface area contributed by atoms with Crippen molar-refractivity contribution in [3.8, 4) is 5.75 Å². The zero-order valence-corrected chi connectivity index (χ0v) is 16.3. The predicted molar refractivity (Wildman–Crippen MR) is 98.2 cm³/mol. The van der Waals surface area contributed by atoms with Crippen molar-refractivity contribution in [2.75, 3.05) is 18.1 Å². The summed E-state index contributed by atoms with van der Waals surface area (Å²) in [5.41, 5.74) is -0.301. The molecule has 0 spiro atoms. The minimum absolute atomic E-state index is 0.0407. The van der Waals surface area contributed by atoms with E-state index in [1.165, 1.54) is 24.3 Å². The molecule has 2 aliphatic rings. The molecule has 0 aromatic heterocycles. The minimum atomic E-state index is -4.16. The highest BCUT2D eigenvalue weighted by atomic mass is 35.5. The Morgan fingerprint density at radius 2 is 1.81 bits per heavy atom. The first-order valence-corrected chi connectivity index (χ1v) is 11.6. The molecule has 1 saturated heterocycles. The highest BCUT2D eigenvalue weighted by Gasteiger charge is 2.61. The van der Waals surface area contributed by atoms with E-state index in [0.29, 0.717) is 5.02 Å². The quantitative estimate of drug-likeness (QED) is 0.682. The standard InChI is InChI=1S/C18H15ClF2O4S2/c19-12-1-3-13(4-2-12)27(23,24)18-7-8-26(22)10-11(18)9-25-17-15(21)6-5-14(20)16(17)18/h1-6,11H,7-10H2/t11-,18-,26?/m0/s1. The lowest BCUT2D eigenvalue weighted by Crippen LogP contribution is -2.55. The van der Waals surface area contributed by atoms with E-state index in [1.807, 2.05) is 0 Å². The number of ether oxygens (including phenoxy) is 1. The van der Waals surface area contributed by atoms with Crippen LogP contribution in [0.5, 0.6) is 5.75 Å². The molecule has 0 saturated carbocycles. The van der Waals surface area contributed by atoms with Crippen molar-refractivity contribution in [3.05, 3.63) is 58.6 Å². The van der Waals surface area contributed by atoms with Gasteiger partial charge in [-0.25, -0.2) is 17.2 Å². The molecule has 2 heterocycles. The van der Waals surface area contributed by atoms with E-state index in [4.69, 9.17) is 16.3 Å². The summed E-state index contributed by atoms with van der Waals surface area (Å²) < 4.78 is 72.4. The van der Waals surface area contributed by atoms with Gasteiger partial charge in [-0.05, 0) is 36.4 Å². The lowest BCUT2D eigenvalue weighted by atomic mass is 9.81. The zero-order chi connectivity index (χ0) is 19.4. The molecule has 2 aromatic carbocycles. The summed E-state index contributed by atoms with van der Waals surface area (Å²) in [6.07, 6.45) is -0.0774. The molecule has 0 bridgehead atoms. The number of hydrogen-bond acceptors (Lipinski definition) is 4. The van der Waals surface area contributed by atoms with Crippen molar-refractivity contribution in [1.82, 2.24) is 0 Å². The number of benzene rings is 2. The second-order valence-corrected chi connectivity index (χ2v) is 10.9. The van der Waals surface area contributed by atoms with Gasteiger partial charge in [0.25, 0.3) is 0 Å². The first kappa shape index (κ1) is 19.0. The monoisotopic (exact) mass is 432 g/mol. The summed E-state index contributed by atoms with van der Waals surface area (Å²) in [4.78, 5) is -0.0407. The van der Waals surface area contributed by atoms with Gasteiger partial charge in [0.1, 0.15) is 22.1 Å². The van der Waals surface area contributed by atoms with Gasteiger partial charge in [0, 0.05) is 11.4 Å². The van der Waals surface area contributed by atoms with E-state index in [1.54, 1.807) is 0 Å². The molecule has 1 fully saturated rings. The van der Waals surface area contributed by atoms with Crippen LogP contribution in [0.1, 0.15) is 12.0 Å². The third-order valence-electron chi connectivity index (χ3n) is 5.26. The number of halogens is 3. The second kappa shape index (κ2) is 6.62. The van der Waals surface area contributed by atoms with Crippen molar-refractivity contribution in [3.63, 3.8) is 0 Å². The molecule has 2 aliphatic heterocycles. The number of sulfone groups is 1. The molecule has 0 amide bonds. The fourth-order valence-corrected chi connectivity index (χ4v) is 8.23. The Bertz CT molecular complexity index is 997. The van der Waals surface area contributed by atoms with Crippen LogP contribution in [0.3, 0.4) is 0 Å². The average Bonchev–Trinajstić information content (AvgIpc) is 2.64. The van der Waals surface area contributed by atoms with Crippen LogP contribution in [0.25, 0.3) is 0 Å². The van der Waals surface area contributed by atoms with E-state index in [9.17, 15) is 21.8 Å². The van der Waals surface area contributed by atoms with Gasteiger partial charge in [-0.3, -0.25) is 0 Å². The van der Waals surface area contributed by atoms with Gasteiger partial charge < -0.3 is 9.29 Å². The number of hydrogen-bond donors (Lipinski definition) is 0. The molecule has 4 rings (SSSR count). The topological polar surface area (TPSA) is 66.4 Å². The van der Waals surface area contributed by atoms with Crippen molar-refractivity contribution in [2.45, 2.75) is 16.1 Å². The summed E-state index contributed by atoms with van der Waals surface area (Å²) in [6, 6.07) is 7.39. The van der Waals surface area contributed by atoms with E-state index >= 15 is 0 Å². The van der Waals surface area contributed by atoms with Crippen molar-refractivity contribution >= 4 is 32.6 Å². The Labute approximate surface area is 163 Å². The molecule has 0 aliphatic carbocycles. The fraction of sp³-hybridized carbons (Fsp3) is 0.333. The zero-order valence-electron chi connectivity index (χ0n) is 14.0. The first-order valence-electron chi connectivity index (χ1n) is 8.24. The molecule has 144 valence electrons.